The second kappa shape index (κ2) is 9.95. The minimum Gasteiger partial charge on any atom is -0.398 e. The van der Waals surface area contributed by atoms with Crippen LogP contribution in [0, 0.1) is 11.8 Å². The van der Waals surface area contributed by atoms with Crippen LogP contribution in [0.2, 0.25) is 0 Å². The van der Waals surface area contributed by atoms with Crippen molar-refractivity contribution in [2.45, 2.75) is 57.0 Å². The van der Waals surface area contributed by atoms with Crippen molar-refractivity contribution in [2.75, 3.05) is 25.0 Å². The Balaban J connectivity index is 1.31. The number of likely N-dealkylation sites (tertiary alicyclic amines) is 1. The summed E-state index contributed by atoms with van der Waals surface area (Å²) < 4.78 is 26.0. The molecule has 10 nitrogen and oxygen atoms in total. The van der Waals surface area contributed by atoms with Crippen LogP contribution < -0.4 is 11.1 Å². The fraction of sp³-hybridized carbons (Fsp3) is 0.480. The molecule has 0 radical (unpaired) electrons. The third kappa shape index (κ3) is 5.24. The molecule has 1 aliphatic carbocycles. The van der Waals surface area contributed by atoms with E-state index < -0.39 is 10.0 Å². The molecule has 0 aromatic carbocycles. The molecule has 1 atom stereocenters. The van der Waals surface area contributed by atoms with Crippen LogP contribution in [0.15, 0.2) is 48.2 Å². The summed E-state index contributed by atoms with van der Waals surface area (Å²) in [4.78, 5) is 13.4. The van der Waals surface area contributed by atoms with Gasteiger partial charge in [0.2, 0.25) is 0 Å². The van der Waals surface area contributed by atoms with E-state index in [1.165, 1.54) is 25.2 Å². The van der Waals surface area contributed by atoms with E-state index in [0.29, 0.717) is 35.7 Å². The van der Waals surface area contributed by atoms with Gasteiger partial charge < -0.3 is 16.0 Å². The highest BCUT2D eigenvalue weighted by Crippen LogP contribution is 2.30. The molecule has 1 saturated carbocycles. The summed E-state index contributed by atoms with van der Waals surface area (Å²) in [5.41, 5.74) is 8.36. The van der Waals surface area contributed by atoms with E-state index in [0.717, 1.165) is 29.3 Å². The fourth-order valence-electron chi connectivity index (χ4n) is 4.34. The van der Waals surface area contributed by atoms with Crippen LogP contribution in [0.3, 0.4) is 0 Å². The van der Waals surface area contributed by atoms with Crippen LogP contribution in [0.4, 0.5) is 5.82 Å². The third-order valence-electron chi connectivity index (χ3n) is 6.54. The van der Waals surface area contributed by atoms with Crippen molar-refractivity contribution in [3.8, 4) is 23.2 Å². The third-order valence-corrected chi connectivity index (χ3v) is 8.58. The monoisotopic (exact) mass is 508 g/mol. The van der Waals surface area contributed by atoms with E-state index in [-0.39, 0.29) is 17.5 Å². The van der Waals surface area contributed by atoms with Crippen LogP contribution in [-0.2, 0) is 10.0 Å². The van der Waals surface area contributed by atoms with Gasteiger partial charge in [-0.3, -0.25) is 4.90 Å². The molecule has 1 saturated heterocycles. The van der Waals surface area contributed by atoms with Gasteiger partial charge >= 0.3 is 0 Å². The van der Waals surface area contributed by atoms with E-state index in [2.05, 4.69) is 55.9 Å². The quantitative estimate of drug-likeness (QED) is 0.541. The predicted molar refractivity (Wildman–Crippen MR) is 139 cm³/mol. The molecule has 0 amide bonds. The van der Waals surface area contributed by atoms with E-state index in [1.54, 1.807) is 12.3 Å². The molecule has 2 aromatic heterocycles. The predicted octanol–water partition coefficient (Wildman–Crippen LogP) is 1.97. The van der Waals surface area contributed by atoms with Crippen molar-refractivity contribution in [1.82, 2.24) is 29.0 Å². The van der Waals surface area contributed by atoms with Crippen molar-refractivity contribution in [2.24, 2.45) is 5.73 Å². The topological polar surface area (TPSA) is 122 Å². The summed E-state index contributed by atoms with van der Waals surface area (Å²) in [5, 5.41) is 7.12. The number of nitrogens with zero attached hydrogens (tertiary/aromatic N) is 6. The highest BCUT2D eigenvalue weighted by Gasteiger charge is 2.37. The zero-order chi connectivity index (χ0) is 25.3. The second-order valence-electron chi connectivity index (χ2n) is 9.69. The maximum Gasteiger partial charge on any atom is 0.256 e. The number of nitrogens with two attached hydrogens (primary N) is 1. The van der Waals surface area contributed by atoms with Gasteiger partial charge in [0.1, 0.15) is 12.0 Å². The van der Waals surface area contributed by atoms with Gasteiger partial charge in [-0.15, -0.1) is 0 Å². The van der Waals surface area contributed by atoms with Gasteiger partial charge in [-0.25, -0.2) is 18.4 Å². The lowest BCUT2D eigenvalue weighted by atomic mass is 10.1. The van der Waals surface area contributed by atoms with Crippen molar-refractivity contribution in [3.05, 3.63) is 48.2 Å². The summed E-state index contributed by atoms with van der Waals surface area (Å²) >= 11 is 0. The number of hydrogen-bond donors (Lipinski definition) is 2. The number of hydrogen-bond acceptors (Lipinski definition) is 9. The Morgan fingerprint density at radius 1 is 1.25 bits per heavy atom. The summed E-state index contributed by atoms with van der Waals surface area (Å²) in [6.45, 7) is 7.20. The molecule has 2 aliphatic heterocycles. The Hall–Kier alpha value is -3.36. The number of anilines is 1. The zero-order valence-electron chi connectivity index (χ0n) is 20.6. The molecule has 4 heterocycles. The molecule has 3 N–H and O–H groups in total. The molecule has 0 bridgehead atoms. The first-order valence-corrected chi connectivity index (χ1v) is 13.9. The lowest BCUT2D eigenvalue weighted by molar-refractivity contribution is 0.276. The van der Waals surface area contributed by atoms with Gasteiger partial charge in [-0.05, 0) is 64.8 Å². The van der Waals surface area contributed by atoms with Gasteiger partial charge in [0.15, 0.2) is 5.82 Å². The number of rotatable bonds is 7. The molecular weight excluding hydrogens is 476 g/mol. The van der Waals surface area contributed by atoms with Crippen molar-refractivity contribution < 1.29 is 8.42 Å². The van der Waals surface area contributed by atoms with Crippen LogP contribution in [-0.4, -0.2) is 74.5 Å². The Bertz CT molecular complexity index is 1340. The largest absolute Gasteiger partial charge is 0.398 e. The number of nitrogens with one attached hydrogen (secondary N) is 1. The minimum absolute atomic E-state index is 0.189. The number of aromatic nitrogens is 4. The van der Waals surface area contributed by atoms with E-state index in [4.69, 9.17) is 5.73 Å². The van der Waals surface area contributed by atoms with Gasteiger partial charge in [-0.2, -0.15) is 9.19 Å². The number of allylic oxidation sites excluding steroid dienone is 1. The normalized spacial score (nSPS) is 20.6. The molecule has 2 aromatic rings. The van der Waals surface area contributed by atoms with E-state index >= 15 is 0 Å². The molecule has 2 fully saturated rings. The van der Waals surface area contributed by atoms with Gasteiger partial charge in [-0.1, -0.05) is 11.8 Å². The lowest BCUT2D eigenvalue weighted by Crippen LogP contribution is -2.43. The zero-order valence-corrected chi connectivity index (χ0v) is 21.4. The first kappa shape index (κ1) is 24.3. The van der Waals surface area contributed by atoms with Crippen LogP contribution in [0.25, 0.3) is 11.4 Å². The maximum absolute atomic E-state index is 12.5. The Labute approximate surface area is 212 Å². The standard InChI is InChI=1S/C25H32N8O2S/c1-18(2)32-16-19(6-5-13-31-11-3-4-12-31)22(26)14-24(32)29-23-9-10-27-25(30-23)20-15-28-33(17-20)36(34,35)21-7-8-21/h9-10,14-18,21,24H,3-4,7-8,11-13,26H2,1-2H3,(H,27,29,30). The second-order valence-corrected chi connectivity index (χ2v) is 11.8. The van der Waals surface area contributed by atoms with Gasteiger partial charge in [0.25, 0.3) is 10.0 Å². The highest BCUT2D eigenvalue weighted by molar-refractivity contribution is 7.90. The van der Waals surface area contributed by atoms with E-state index in [9.17, 15) is 8.42 Å². The van der Waals surface area contributed by atoms with Crippen molar-refractivity contribution in [3.63, 3.8) is 0 Å². The maximum atomic E-state index is 12.5. The Kier molecular flexibility index (Phi) is 6.73. The molecular formula is C25H32N8O2S. The summed E-state index contributed by atoms with van der Waals surface area (Å²) in [6, 6.07) is 1.96. The summed E-state index contributed by atoms with van der Waals surface area (Å²) in [5.74, 6) is 7.50. The van der Waals surface area contributed by atoms with Gasteiger partial charge in [0, 0.05) is 24.1 Å². The Morgan fingerprint density at radius 2 is 2.03 bits per heavy atom. The molecule has 11 heteroatoms. The molecule has 3 aliphatic rings. The molecule has 36 heavy (non-hydrogen) atoms. The molecule has 5 rings (SSSR count). The first-order chi connectivity index (χ1) is 17.3. The van der Waals surface area contributed by atoms with Crippen LogP contribution in [0.1, 0.15) is 39.5 Å². The lowest BCUT2D eigenvalue weighted by Gasteiger charge is -2.36. The van der Waals surface area contributed by atoms with E-state index in [1.807, 2.05) is 12.3 Å². The van der Waals surface area contributed by atoms with Crippen LogP contribution in [0.5, 0.6) is 0 Å². The molecule has 0 spiro atoms. The summed E-state index contributed by atoms with van der Waals surface area (Å²) in [7, 11) is -3.44. The van der Waals surface area contributed by atoms with Gasteiger partial charge in [0.05, 0.1) is 35.3 Å². The average Bonchev–Trinajstić information content (AvgIpc) is 3.36. The average molecular weight is 509 g/mol. The van der Waals surface area contributed by atoms with Crippen LogP contribution >= 0.6 is 0 Å². The smallest absolute Gasteiger partial charge is 0.256 e. The van der Waals surface area contributed by atoms with Crippen molar-refractivity contribution >= 4 is 15.8 Å². The first-order valence-electron chi connectivity index (χ1n) is 12.4. The minimum atomic E-state index is -3.44. The van der Waals surface area contributed by atoms with Crippen molar-refractivity contribution in [1.29, 1.82) is 0 Å². The fourth-order valence-corrected chi connectivity index (χ4v) is 5.81. The summed E-state index contributed by atoms with van der Waals surface area (Å²) in [6.07, 6.45) is 12.2. The SMILES string of the molecule is CC(C)N1C=C(C#CCN2CCCC2)C(N)=CC1Nc1ccnc(-c2cnn(S(=O)(=O)C3CC3)c2)n1. The Morgan fingerprint density at radius 3 is 2.75 bits per heavy atom. The molecule has 190 valence electrons. The molecule has 1 unspecified atom stereocenters. The highest BCUT2D eigenvalue weighted by atomic mass is 32.2.